The van der Waals surface area contributed by atoms with Crippen LogP contribution in [0, 0.1) is 0 Å². The van der Waals surface area contributed by atoms with Crippen molar-refractivity contribution in [1.82, 2.24) is 14.5 Å². The van der Waals surface area contributed by atoms with Gasteiger partial charge < -0.3 is 9.13 Å². The average molecular weight is 646 g/mol. The third kappa shape index (κ3) is 4.08. The summed E-state index contributed by atoms with van der Waals surface area (Å²) in [5.41, 5.74) is 8.94. The molecule has 1 unspecified atom stereocenters. The molecule has 0 spiro atoms. The molecule has 0 radical (unpaired) electrons. The van der Waals surface area contributed by atoms with Gasteiger partial charge in [-0.15, -0.1) is 0 Å². The summed E-state index contributed by atoms with van der Waals surface area (Å²) in [5.74, 6) is 0.677. The quantitative estimate of drug-likeness (QED) is 0.179. The molecule has 2 aromatic heterocycles. The number of hydrogen-bond donors (Lipinski definition) is 0. The number of hydrogen-bond acceptors (Lipinski definition) is 3. The lowest BCUT2D eigenvalue weighted by molar-refractivity contribution is 0.593. The molecular formula is C44H28N3OP. The zero-order valence-electron chi connectivity index (χ0n) is 26.4. The first-order chi connectivity index (χ1) is 24.2. The van der Waals surface area contributed by atoms with E-state index in [-0.39, 0.29) is 0 Å². The number of aromatic nitrogens is 3. The summed E-state index contributed by atoms with van der Waals surface area (Å²) < 4.78 is 18.1. The minimum absolute atomic E-state index is 0.677. The van der Waals surface area contributed by atoms with Gasteiger partial charge in [0, 0.05) is 43.6 Å². The molecule has 230 valence electrons. The van der Waals surface area contributed by atoms with Crippen LogP contribution in [0.1, 0.15) is 0 Å². The second-order valence-electron chi connectivity index (χ2n) is 12.5. The fourth-order valence-electron chi connectivity index (χ4n) is 7.63. The van der Waals surface area contributed by atoms with Crippen LogP contribution in [0.2, 0.25) is 0 Å². The van der Waals surface area contributed by atoms with Gasteiger partial charge >= 0.3 is 0 Å². The van der Waals surface area contributed by atoms with Gasteiger partial charge in [0.25, 0.3) is 0 Å². The molecule has 1 aliphatic heterocycles. The summed E-state index contributed by atoms with van der Waals surface area (Å²) >= 11 is 0. The molecule has 0 N–H and O–H groups in total. The van der Waals surface area contributed by atoms with Crippen molar-refractivity contribution in [3.05, 3.63) is 170 Å². The highest BCUT2D eigenvalue weighted by Crippen LogP contribution is 2.54. The number of fused-ring (bicyclic) bond motifs is 8. The Morgan fingerprint density at radius 1 is 0.490 bits per heavy atom. The van der Waals surface area contributed by atoms with E-state index >= 15 is 4.57 Å². The van der Waals surface area contributed by atoms with E-state index in [0.29, 0.717) is 5.82 Å². The van der Waals surface area contributed by atoms with Crippen LogP contribution < -0.4 is 15.9 Å². The van der Waals surface area contributed by atoms with E-state index in [1.807, 2.05) is 84.9 Å². The molecule has 0 saturated carbocycles. The summed E-state index contributed by atoms with van der Waals surface area (Å²) in [6.45, 7) is 0. The molecule has 1 atom stereocenters. The van der Waals surface area contributed by atoms with Gasteiger partial charge in [0.05, 0.1) is 27.5 Å². The second-order valence-corrected chi connectivity index (χ2v) is 15.2. The lowest BCUT2D eigenvalue weighted by Crippen LogP contribution is -2.22. The molecule has 10 rings (SSSR count). The predicted octanol–water partition coefficient (Wildman–Crippen LogP) is 9.68. The zero-order valence-corrected chi connectivity index (χ0v) is 27.3. The van der Waals surface area contributed by atoms with Crippen LogP contribution >= 0.6 is 7.14 Å². The van der Waals surface area contributed by atoms with Crippen LogP contribution in [0.4, 0.5) is 0 Å². The monoisotopic (exact) mass is 645 g/mol. The number of rotatable bonds is 4. The zero-order chi connectivity index (χ0) is 32.5. The van der Waals surface area contributed by atoms with Crippen LogP contribution in [-0.2, 0) is 4.57 Å². The van der Waals surface area contributed by atoms with Crippen molar-refractivity contribution in [1.29, 1.82) is 0 Å². The van der Waals surface area contributed by atoms with Crippen molar-refractivity contribution in [2.75, 3.05) is 0 Å². The maximum atomic E-state index is 15.8. The van der Waals surface area contributed by atoms with Gasteiger partial charge in [-0.2, -0.15) is 0 Å². The SMILES string of the molecule is O=P1(c2ccccc2)c2ccccc2-c2ccc3c4ccccc4n(-c4ccc(-c5nc(-c6ccccc6)c6ccccc6n5)cc4)c3c21. The summed E-state index contributed by atoms with van der Waals surface area (Å²) in [6, 6.07) is 58.0. The van der Waals surface area contributed by atoms with Gasteiger partial charge in [-0.25, -0.2) is 9.97 Å². The first kappa shape index (κ1) is 28.0. The van der Waals surface area contributed by atoms with E-state index in [0.717, 1.165) is 82.3 Å². The Kier molecular flexibility index (Phi) is 6.12. The maximum absolute atomic E-state index is 15.8. The third-order valence-corrected chi connectivity index (χ3v) is 13.0. The van der Waals surface area contributed by atoms with Crippen molar-refractivity contribution >= 4 is 55.8 Å². The van der Waals surface area contributed by atoms with Crippen molar-refractivity contribution in [2.45, 2.75) is 0 Å². The van der Waals surface area contributed by atoms with E-state index in [1.165, 1.54) is 0 Å². The molecule has 4 nitrogen and oxygen atoms in total. The highest BCUT2D eigenvalue weighted by atomic mass is 31.2. The molecule has 7 aromatic carbocycles. The maximum Gasteiger partial charge on any atom is 0.174 e. The Morgan fingerprint density at radius 3 is 1.98 bits per heavy atom. The molecule has 5 heteroatoms. The predicted molar refractivity (Wildman–Crippen MR) is 203 cm³/mol. The van der Waals surface area contributed by atoms with Gasteiger partial charge in [-0.3, -0.25) is 0 Å². The van der Waals surface area contributed by atoms with Gasteiger partial charge in [-0.1, -0.05) is 133 Å². The Morgan fingerprint density at radius 2 is 1.16 bits per heavy atom. The molecule has 0 aliphatic carbocycles. The summed E-state index contributed by atoms with van der Waals surface area (Å²) in [6.07, 6.45) is 0. The largest absolute Gasteiger partial charge is 0.309 e. The van der Waals surface area contributed by atoms with E-state index < -0.39 is 7.14 Å². The van der Waals surface area contributed by atoms with Gasteiger partial charge in [-0.05, 0) is 47.5 Å². The van der Waals surface area contributed by atoms with Crippen LogP contribution in [-0.4, -0.2) is 14.5 Å². The molecule has 0 saturated heterocycles. The molecule has 3 heterocycles. The highest BCUT2D eigenvalue weighted by molar-refractivity contribution is 7.86. The van der Waals surface area contributed by atoms with Crippen molar-refractivity contribution in [2.24, 2.45) is 0 Å². The van der Waals surface area contributed by atoms with Crippen LogP contribution in [0.5, 0.6) is 0 Å². The van der Waals surface area contributed by atoms with E-state index in [9.17, 15) is 0 Å². The Labute approximate surface area is 283 Å². The lowest BCUT2D eigenvalue weighted by Gasteiger charge is -2.18. The lowest BCUT2D eigenvalue weighted by atomic mass is 10.0. The molecule has 0 bridgehead atoms. The Hall–Kier alpha value is -6.09. The van der Waals surface area contributed by atoms with E-state index in [4.69, 9.17) is 9.97 Å². The Balaban J connectivity index is 1.21. The van der Waals surface area contributed by atoms with Crippen LogP contribution in [0.25, 0.3) is 72.2 Å². The number of nitrogens with zero attached hydrogens (tertiary/aromatic N) is 3. The Bertz CT molecular complexity index is 2790. The van der Waals surface area contributed by atoms with Crippen LogP contribution in [0.15, 0.2) is 170 Å². The molecule has 49 heavy (non-hydrogen) atoms. The topological polar surface area (TPSA) is 47.8 Å². The van der Waals surface area contributed by atoms with E-state index in [2.05, 4.69) is 89.5 Å². The van der Waals surface area contributed by atoms with Gasteiger partial charge in [0.2, 0.25) is 0 Å². The normalized spacial score (nSPS) is 15.1. The van der Waals surface area contributed by atoms with Crippen molar-refractivity contribution < 1.29 is 4.57 Å². The second kappa shape index (κ2) is 10.7. The average Bonchev–Trinajstić information content (AvgIpc) is 3.65. The number of para-hydroxylation sites is 2. The molecule has 0 amide bonds. The fraction of sp³-hybridized carbons (Fsp3) is 0. The first-order valence-corrected chi connectivity index (χ1v) is 18.2. The molecule has 1 aliphatic rings. The van der Waals surface area contributed by atoms with Crippen molar-refractivity contribution in [3.8, 4) is 39.5 Å². The summed E-state index contributed by atoms with van der Waals surface area (Å²) in [5, 5.41) is 5.90. The minimum Gasteiger partial charge on any atom is -0.309 e. The molecule has 9 aromatic rings. The smallest absolute Gasteiger partial charge is 0.174 e. The number of benzene rings is 7. The standard InChI is InChI=1S/C44H28N3OP/c48-49(32-15-5-2-6-16-32)40-22-12-9-18-34(40)36-28-27-35-33-17-8-11-21-39(33)47(42(35)43(36)49)31-25-23-30(24-26-31)44-45-38-20-10-7-19-37(38)41(46-44)29-13-3-1-4-14-29/h1-28H. The first-order valence-electron chi connectivity index (χ1n) is 16.5. The summed E-state index contributed by atoms with van der Waals surface area (Å²) in [7, 11) is -3.21. The molecule has 0 fully saturated rings. The fourth-order valence-corrected chi connectivity index (χ4v) is 10.9. The summed E-state index contributed by atoms with van der Waals surface area (Å²) in [4.78, 5) is 10.1. The van der Waals surface area contributed by atoms with Crippen LogP contribution in [0.3, 0.4) is 0 Å². The van der Waals surface area contributed by atoms with E-state index in [1.54, 1.807) is 0 Å². The minimum atomic E-state index is -3.21. The van der Waals surface area contributed by atoms with Gasteiger partial charge in [0.15, 0.2) is 13.0 Å². The third-order valence-electron chi connectivity index (χ3n) is 9.81. The van der Waals surface area contributed by atoms with Crippen molar-refractivity contribution in [3.63, 3.8) is 0 Å². The van der Waals surface area contributed by atoms with Gasteiger partial charge in [0.1, 0.15) is 0 Å². The molecular weight excluding hydrogens is 617 g/mol. The highest BCUT2D eigenvalue weighted by Gasteiger charge is 2.42.